The zero-order chi connectivity index (χ0) is 18.9. The predicted octanol–water partition coefficient (Wildman–Crippen LogP) is 4.50. The van der Waals surface area contributed by atoms with Gasteiger partial charge in [-0.2, -0.15) is 0 Å². The minimum absolute atomic E-state index is 0.210. The van der Waals surface area contributed by atoms with Crippen molar-refractivity contribution >= 4 is 5.97 Å². The van der Waals surface area contributed by atoms with E-state index in [0.717, 1.165) is 35.5 Å². The molecule has 0 fully saturated rings. The Morgan fingerprint density at radius 1 is 1.23 bits per heavy atom. The van der Waals surface area contributed by atoms with Gasteiger partial charge in [0, 0.05) is 19.4 Å². The van der Waals surface area contributed by atoms with Crippen LogP contribution in [0.5, 0.6) is 0 Å². The highest BCUT2D eigenvalue weighted by Gasteiger charge is 2.22. The number of aliphatic carboxylic acids is 1. The number of hydrogen-bond acceptors (Lipinski definition) is 5. The molecule has 2 heterocycles. The molecule has 6 nitrogen and oxygen atoms in total. The van der Waals surface area contributed by atoms with Crippen molar-refractivity contribution in [3.8, 4) is 0 Å². The monoisotopic (exact) mass is 361 g/mol. The van der Waals surface area contributed by atoms with Crippen LogP contribution in [0.3, 0.4) is 0 Å². The number of nitrogens with one attached hydrogen (secondary N) is 1. The molecule has 2 aromatic rings. The first-order valence-electron chi connectivity index (χ1n) is 8.85. The molecule has 0 saturated carbocycles. The number of unbranched alkanes of at least 4 members (excludes halogenated alkanes) is 2. The lowest BCUT2D eigenvalue weighted by Gasteiger charge is -2.20. The standard InChI is InChI=1S/C20H27NO5/c1-14-8-11-25-20(14)18(13-17-9-12-24-15(17)2)26-16(3)21-10-6-4-5-7-19(22)23/h8-9,11-12,18,21H,3-7,10,13H2,1-2H3,(H,22,23). The molecule has 2 N–H and O–H groups in total. The van der Waals surface area contributed by atoms with Crippen molar-refractivity contribution in [3.05, 3.63) is 59.8 Å². The van der Waals surface area contributed by atoms with Gasteiger partial charge >= 0.3 is 5.97 Å². The molecular weight excluding hydrogens is 334 g/mol. The number of carbonyl (C=O) groups is 1. The SMILES string of the molecule is C=C(NCCCCCC(=O)O)OC(Cc1ccoc1C)c1occc1C. The largest absolute Gasteiger partial charge is 0.481 e. The van der Waals surface area contributed by atoms with Gasteiger partial charge in [-0.25, -0.2) is 0 Å². The highest BCUT2D eigenvalue weighted by molar-refractivity contribution is 5.66. The number of carboxylic acid groups (broad SMARTS) is 1. The fourth-order valence-corrected chi connectivity index (χ4v) is 2.74. The summed E-state index contributed by atoms with van der Waals surface area (Å²) in [7, 11) is 0. The number of aryl methyl sites for hydroxylation is 2. The van der Waals surface area contributed by atoms with Gasteiger partial charge in [0.15, 0.2) is 12.0 Å². The summed E-state index contributed by atoms with van der Waals surface area (Å²) in [6.07, 6.45) is 6.24. The first kappa shape index (κ1) is 19.7. The molecule has 0 aromatic carbocycles. The molecular formula is C20H27NO5. The second-order valence-electron chi connectivity index (χ2n) is 6.33. The van der Waals surface area contributed by atoms with Gasteiger partial charge in [0.05, 0.1) is 12.5 Å². The third-order valence-electron chi connectivity index (χ3n) is 4.24. The lowest BCUT2D eigenvalue weighted by Crippen LogP contribution is -2.19. The van der Waals surface area contributed by atoms with Crippen molar-refractivity contribution in [2.75, 3.05) is 6.54 Å². The van der Waals surface area contributed by atoms with Gasteiger partial charge in [-0.15, -0.1) is 0 Å². The predicted molar refractivity (Wildman–Crippen MR) is 97.7 cm³/mol. The minimum atomic E-state index is -0.753. The van der Waals surface area contributed by atoms with Crippen molar-refractivity contribution in [1.82, 2.24) is 5.32 Å². The maximum atomic E-state index is 10.5. The summed E-state index contributed by atoms with van der Waals surface area (Å²) >= 11 is 0. The maximum absolute atomic E-state index is 10.5. The number of carboxylic acids is 1. The van der Waals surface area contributed by atoms with E-state index in [0.29, 0.717) is 25.3 Å². The first-order valence-corrected chi connectivity index (χ1v) is 8.85. The smallest absolute Gasteiger partial charge is 0.303 e. The Labute approximate surface area is 153 Å². The van der Waals surface area contributed by atoms with Crippen molar-refractivity contribution in [1.29, 1.82) is 0 Å². The van der Waals surface area contributed by atoms with Crippen LogP contribution in [0.4, 0.5) is 0 Å². The molecule has 0 aliphatic rings. The van der Waals surface area contributed by atoms with E-state index in [1.165, 1.54) is 0 Å². The number of hydrogen-bond donors (Lipinski definition) is 2. The minimum Gasteiger partial charge on any atom is -0.481 e. The normalized spacial score (nSPS) is 11.9. The van der Waals surface area contributed by atoms with E-state index >= 15 is 0 Å². The van der Waals surface area contributed by atoms with Crippen LogP contribution in [-0.4, -0.2) is 17.6 Å². The van der Waals surface area contributed by atoms with Crippen molar-refractivity contribution < 1.29 is 23.5 Å². The number of furan rings is 2. The molecule has 1 unspecified atom stereocenters. The van der Waals surface area contributed by atoms with E-state index < -0.39 is 5.97 Å². The van der Waals surface area contributed by atoms with Crippen molar-refractivity contribution in [2.24, 2.45) is 0 Å². The molecule has 0 bridgehead atoms. The van der Waals surface area contributed by atoms with Crippen LogP contribution in [0.1, 0.15) is 54.4 Å². The molecule has 0 saturated heterocycles. The Morgan fingerprint density at radius 2 is 2.00 bits per heavy atom. The van der Waals surface area contributed by atoms with Crippen LogP contribution in [0.15, 0.2) is 46.0 Å². The Bertz CT molecular complexity index is 715. The van der Waals surface area contributed by atoms with Gasteiger partial charge in [-0.05, 0) is 56.5 Å². The van der Waals surface area contributed by atoms with E-state index in [9.17, 15) is 4.79 Å². The average molecular weight is 361 g/mol. The van der Waals surface area contributed by atoms with Crippen LogP contribution in [0.2, 0.25) is 0 Å². The van der Waals surface area contributed by atoms with E-state index in [-0.39, 0.29) is 12.5 Å². The second-order valence-corrected chi connectivity index (χ2v) is 6.33. The quantitative estimate of drug-likeness (QED) is 0.428. The summed E-state index contributed by atoms with van der Waals surface area (Å²) in [6.45, 7) is 8.53. The fraction of sp³-hybridized carbons (Fsp3) is 0.450. The molecule has 0 radical (unpaired) electrons. The fourth-order valence-electron chi connectivity index (χ4n) is 2.74. The number of rotatable bonds is 12. The third-order valence-corrected chi connectivity index (χ3v) is 4.24. The van der Waals surface area contributed by atoms with Crippen LogP contribution in [0, 0.1) is 13.8 Å². The van der Waals surface area contributed by atoms with Gasteiger partial charge in [-0.1, -0.05) is 6.42 Å². The van der Waals surface area contributed by atoms with Gasteiger partial charge in [0.1, 0.15) is 11.5 Å². The van der Waals surface area contributed by atoms with Gasteiger partial charge in [0.25, 0.3) is 0 Å². The van der Waals surface area contributed by atoms with Crippen molar-refractivity contribution in [2.45, 2.75) is 52.1 Å². The molecule has 0 aliphatic carbocycles. The summed E-state index contributed by atoms with van der Waals surface area (Å²) in [4.78, 5) is 10.5. The molecule has 0 aliphatic heterocycles. The van der Waals surface area contributed by atoms with Crippen LogP contribution < -0.4 is 5.32 Å². The van der Waals surface area contributed by atoms with Crippen LogP contribution >= 0.6 is 0 Å². The maximum Gasteiger partial charge on any atom is 0.303 e. The molecule has 0 spiro atoms. The summed E-state index contributed by atoms with van der Waals surface area (Å²) in [5.41, 5.74) is 2.09. The number of ether oxygens (including phenoxy) is 1. The molecule has 2 aromatic heterocycles. The molecule has 6 heteroatoms. The summed E-state index contributed by atoms with van der Waals surface area (Å²) in [5, 5.41) is 11.8. The lowest BCUT2D eigenvalue weighted by atomic mass is 10.0. The van der Waals surface area contributed by atoms with Gasteiger partial charge in [0.2, 0.25) is 0 Å². The molecule has 142 valence electrons. The van der Waals surface area contributed by atoms with E-state index in [2.05, 4.69) is 11.9 Å². The molecule has 2 rings (SSSR count). The zero-order valence-electron chi connectivity index (χ0n) is 15.4. The average Bonchev–Trinajstić information content (AvgIpc) is 3.18. The summed E-state index contributed by atoms with van der Waals surface area (Å²) < 4.78 is 17.0. The summed E-state index contributed by atoms with van der Waals surface area (Å²) in [5.74, 6) is 1.36. The van der Waals surface area contributed by atoms with Crippen molar-refractivity contribution in [3.63, 3.8) is 0 Å². The Kier molecular flexibility index (Phi) is 7.38. The van der Waals surface area contributed by atoms with Crippen LogP contribution in [-0.2, 0) is 16.0 Å². The van der Waals surface area contributed by atoms with Gasteiger partial charge < -0.3 is 24.0 Å². The lowest BCUT2D eigenvalue weighted by molar-refractivity contribution is -0.137. The highest BCUT2D eigenvalue weighted by Crippen LogP contribution is 2.28. The Hall–Kier alpha value is -2.63. The summed E-state index contributed by atoms with van der Waals surface area (Å²) in [6, 6.07) is 3.84. The topological polar surface area (TPSA) is 84.8 Å². The zero-order valence-corrected chi connectivity index (χ0v) is 15.4. The molecule has 26 heavy (non-hydrogen) atoms. The van der Waals surface area contributed by atoms with E-state index in [1.54, 1.807) is 12.5 Å². The third kappa shape index (κ3) is 6.02. The first-order chi connectivity index (χ1) is 12.5. The molecule has 1 atom stereocenters. The van der Waals surface area contributed by atoms with Gasteiger partial charge in [-0.3, -0.25) is 4.79 Å². The second kappa shape index (κ2) is 9.75. The van der Waals surface area contributed by atoms with E-state index in [4.69, 9.17) is 18.7 Å². The Morgan fingerprint density at radius 3 is 2.62 bits per heavy atom. The van der Waals surface area contributed by atoms with E-state index in [1.807, 2.05) is 26.0 Å². The Balaban J connectivity index is 1.86. The van der Waals surface area contributed by atoms with Crippen LogP contribution in [0.25, 0.3) is 0 Å². The molecule has 0 amide bonds. The highest BCUT2D eigenvalue weighted by atomic mass is 16.5.